The second-order valence-corrected chi connectivity index (χ2v) is 4.85. The first kappa shape index (κ1) is 13.9. The molecule has 2 unspecified atom stereocenters. The molecule has 0 amide bonds. The van der Waals surface area contributed by atoms with Crippen molar-refractivity contribution >= 4 is 16.8 Å². The van der Waals surface area contributed by atoms with Gasteiger partial charge in [-0.2, -0.15) is 0 Å². The molecule has 0 aliphatic carbocycles. The van der Waals surface area contributed by atoms with E-state index in [4.69, 9.17) is 14.6 Å². The van der Waals surface area contributed by atoms with Gasteiger partial charge in [-0.3, -0.25) is 4.21 Å². The minimum absolute atomic E-state index is 0.0369. The van der Waals surface area contributed by atoms with Crippen molar-refractivity contribution in [3.8, 4) is 0 Å². The van der Waals surface area contributed by atoms with Crippen LogP contribution in [-0.2, 0) is 21.3 Å². The second kappa shape index (κ2) is 6.53. The van der Waals surface area contributed by atoms with Gasteiger partial charge in [-0.05, 0) is 12.1 Å². The molecule has 1 heterocycles. The number of aliphatic hydroxyl groups is 2. The van der Waals surface area contributed by atoms with E-state index in [9.17, 15) is 9.00 Å². The minimum Gasteiger partial charge on any atom is -0.463 e. The Balaban J connectivity index is 2.54. The maximum atomic E-state index is 11.5. The van der Waals surface area contributed by atoms with Crippen molar-refractivity contribution in [3.63, 3.8) is 0 Å². The summed E-state index contributed by atoms with van der Waals surface area (Å²) in [7, 11) is -0.122. The maximum Gasteiger partial charge on any atom is 0.373 e. The molecule has 0 fully saturated rings. The third-order valence-electron chi connectivity index (χ3n) is 1.94. The summed E-state index contributed by atoms with van der Waals surface area (Å²) >= 11 is 0. The summed E-state index contributed by atoms with van der Waals surface area (Å²) in [5.41, 5.74) is 0. The summed E-state index contributed by atoms with van der Waals surface area (Å²) in [6.45, 7) is -0.433. The van der Waals surface area contributed by atoms with Gasteiger partial charge in [0.1, 0.15) is 5.76 Å². The van der Waals surface area contributed by atoms with Crippen LogP contribution in [0.4, 0.5) is 0 Å². The smallest absolute Gasteiger partial charge is 0.373 e. The van der Waals surface area contributed by atoms with E-state index in [0.29, 0.717) is 5.76 Å². The Hall–Kier alpha value is -1.18. The molecule has 96 valence electrons. The molecule has 1 aromatic rings. The van der Waals surface area contributed by atoms with E-state index in [-0.39, 0.29) is 17.3 Å². The fourth-order valence-electron chi connectivity index (χ4n) is 1.15. The molecule has 0 radical (unpaired) electrons. The molecule has 17 heavy (non-hydrogen) atoms. The Morgan fingerprint density at radius 3 is 2.88 bits per heavy atom. The molecule has 1 rings (SSSR count). The fourth-order valence-corrected chi connectivity index (χ4v) is 2.28. The van der Waals surface area contributed by atoms with Gasteiger partial charge in [-0.1, -0.05) is 0 Å². The molecule has 0 bridgehead atoms. The third-order valence-corrected chi connectivity index (χ3v) is 3.30. The molecule has 0 spiro atoms. The van der Waals surface area contributed by atoms with Gasteiger partial charge in [0, 0.05) is 10.8 Å². The average molecular weight is 262 g/mol. The fraction of sp³-hybridized carbons (Fsp3) is 0.500. The first-order valence-corrected chi connectivity index (χ1v) is 6.36. The lowest BCUT2D eigenvalue weighted by Gasteiger charge is -2.05. The van der Waals surface area contributed by atoms with E-state index < -0.39 is 29.5 Å². The molecular weight excluding hydrogens is 248 g/mol. The van der Waals surface area contributed by atoms with Crippen LogP contribution >= 0.6 is 0 Å². The molecule has 0 aromatic carbocycles. The van der Waals surface area contributed by atoms with Gasteiger partial charge in [-0.15, -0.1) is 0 Å². The van der Waals surface area contributed by atoms with Crippen LogP contribution in [0, 0.1) is 0 Å². The summed E-state index contributed by atoms with van der Waals surface area (Å²) in [6, 6.07) is 2.95. The summed E-state index contributed by atoms with van der Waals surface area (Å²) in [5.74, 6) is -0.146. The third kappa shape index (κ3) is 4.29. The zero-order valence-electron chi connectivity index (χ0n) is 9.29. The van der Waals surface area contributed by atoms with E-state index in [1.54, 1.807) is 0 Å². The number of aliphatic hydroxyl groups excluding tert-OH is 2. The number of methoxy groups -OCH3 is 1. The molecular formula is C10H14O6S. The van der Waals surface area contributed by atoms with Crippen molar-refractivity contribution in [3.05, 3.63) is 23.7 Å². The maximum absolute atomic E-state index is 11.5. The van der Waals surface area contributed by atoms with Gasteiger partial charge >= 0.3 is 5.97 Å². The summed E-state index contributed by atoms with van der Waals surface area (Å²) < 4.78 is 21.1. The Morgan fingerprint density at radius 2 is 2.29 bits per heavy atom. The lowest BCUT2D eigenvalue weighted by atomic mass is 10.4. The SMILES string of the molecule is COC(=O)c1ccc(CS(=O)CC(O)CO)o1. The van der Waals surface area contributed by atoms with Crippen LogP contribution < -0.4 is 0 Å². The van der Waals surface area contributed by atoms with Gasteiger partial charge in [0.05, 0.1) is 31.3 Å². The molecule has 2 atom stereocenters. The molecule has 0 saturated heterocycles. The number of carbonyl (C=O) groups is 1. The molecule has 0 aliphatic heterocycles. The van der Waals surface area contributed by atoms with Crippen molar-refractivity contribution in [2.24, 2.45) is 0 Å². The van der Waals surface area contributed by atoms with E-state index in [2.05, 4.69) is 4.74 Å². The number of hydrogen-bond donors (Lipinski definition) is 2. The van der Waals surface area contributed by atoms with Crippen LogP contribution in [-0.4, -0.2) is 46.0 Å². The Labute approximate surface area is 101 Å². The summed E-state index contributed by atoms with van der Waals surface area (Å²) in [5, 5.41) is 17.7. The van der Waals surface area contributed by atoms with Crippen molar-refractivity contribution < 1.29 is 28.4 Å². The minimum atomic E-state index is -1.36. The van der Waals surface area contributed by atoms with E-state index >= 15 is 0 Å². The van der Waals surface area contributed by atoms with Crippen LogP contribution in [0.5, 0.6) is 0 Å². The largest absolute Gasteiger partial charge is 0.463 e. The first-order valence-electron chi connectivity index (χ1n) is 4.87. The predicted octanol–water partition coefficient (Wildman–Crippen LogP) is -0.332. The quantitative estimate of drug-likeness (QED) is 0.681. The zero-order valence-corrected chi connectivity index (χ0v) is 10.1. The molecule has 2 N–H and O–H groups in total. The van der Waals surface area contributed by atoms with Crippen LogP contribution in [0.1, 0.15) is 16.3 Å². The Bertz CT molecular complexity index is 399. The number of ether oxygens (including phenoxy) is 1. The van der Waals surface area contributed by atoms with E-state index in [1.165, 1.54) is 19.2 Å². The highest BCUT2D eigenvalue weighted by Gasteiger charge is 2.14. The molecule has 6 nitrogen and oxygen atoms in total. The number of rotatable bonds is 6. The van der Waals surface area contributed by atoms with E-state index in [1.807, 2.05) is 0 Å². The van der Waals surface area contributed by atoms with Gasteiger partial charge < -0.3 is 19.4 Å². The molecule has 1 aromatic heterocycles. The number of esters is 1. The van der Waals surface area contributed by atoms with Crippen molar-refractivity contribution in [2.45, 2.75) is 11.9 Å². The van der Waals surface area contributed by atoms with Gasteiger partial charge in [0.2, 0.25) is 5.76 Å². The highest BCUT2D eigenvalue weighted by atomic mass is 32.2. The first-order chi connectivity index (χ1) is 8.06. The number of hydrogen-bond acceptors (Lipinski definition) is 6. The molecule has 0 aliphatic rings. The average Bonchev–Trinajstić information content (AvgIpc) is 2.76. The van der Waals surface area contributed by atoms with Crippen LogP contribution in [0.15, 0.2) is 16.5 Å². The summed E-state index contributed by atoms with van der Waals surface area (Å²) in [4.78, 5) is 11.1. The van der Waals surface area contributed by atoms with Crippen LogP contribution in [0.25, 0.3) is 0 Å². The van der Waals surface area contributed by atoms with Crippen LogP contribution in [0.2, 0.25) is 0 Å². The highest BCUT2D eigenvalue weighted by molar-refractivity contribution is 7.84. The predicted molar refractivity (Wildman–Crippen MR) is 59.9 cm³/mol. The van der Waals surface area contributed by atoms with Gasteiger partial charge in [-0.25, -0.2) is 4.79 Å². The van der Waals surface area contributed by atoms with E-state index in [0.717, 1.165) is 0 Å². The van der Waals surface area contributed by atoms with Gasteiger partial charge in [0.15, 0.2) is 0 Å². The standard InChI is InChI=1S/C10H14O6S/c1-15-10(13)9-3-2-8(16-9)6-17(14)5-7(12)4-11/h2-3,7,11-12H,4-6H2,1H3. The second-order valence-electron chi connectivity index (χ2n) is 3.34. The Kier molecular flexibility index (Phi) is 5.33. The molecule has 7 heteroatoms. The lowest BCUT2D eigenvalue weighted by molar-refractivity contribution is 0.0563. The van der Waals surface area contributed by atoms with Gasteiger partial charge in [0.25, 0.3) is 0 Å². The monoisotopic (exact) mass is 262 g/mol. The number of carbonyl (C=O) groups excluding carboxylic acids is 1. The van der Waals surface area contributed by atoms with Crippen LogP contribution in [0.3, 0.4) is 0 Å². The molecule has 0 saturated carbocycles. The topological polar surface area (TPSA) is 97.0 Å². The summed E-state index contributed by atoms with van der Waals surface area (Å²) in [6.07, 6.45) is -1.01. The normalized spacial score (nSPS) is 14.3. The van der Waals surface area contributed by atoms with Crippen molar-refractivity contribution in [1.29, 1.82) is 0 Å². The Morgan fingerprint density at radius 1 is 1.59 bits per heavy atom. The number of furan rings is 1. The lowest BCUT2D eigenvalue weighted by Crippen LogP contribution is -2.21. The zero-order chi connectivity index (χ0) is 12.8. The van der Waals surface area contributed by atoms with Crippen molar-refractivity contribution in [1.82, 2.24) is 0 Å². The van der Waals surface area contributed by atoms with Crippen molar-refractivity contribution in [2.75, 3.05) is 19.5 Å². The highest BCUT2D eigenvalue weighted by Crippen LogP contribution is 2.11.